The van der Waals surface area contributed by atoms with Crippen LogP contribution in [0.15, 0.2) is 23.1 Å². The zero-order valence-electron chi connectivity index (χ0n) is 14.5. The maximum Gasteiger partial charge on any atom is 0.324 e. The molecule has 0 spiro atoms. The second-order valence-electron chi connectivity index (χ2n) is 6.35. The van der Waals surface area contributed by atoms with Crippen LogP contribution in [-0.4, -0.2) is 80.3 Å². The fourth-order valence-corrected chi connectivity index (χ4v) is 5.70. The molecule has 0 saturated carbocycles. The predicted molar refractivity (Wildman–Crippen MR) is 101 cm³/mol. The van der Waals surface area contributed by atoms with Crippen LogP contribution in [0.3, 0.4) is 0 Å². The number of rotatable bonds is 6. The van der Waals surface area contributed by atoms with E-state index in [1.807, 2.05) is 0 Å². The van der Waals surface area contributed by atoms with Gasteiger partial charge in [-0.25, -0.2) is 13.2 Å². The molecule has 3 rings (SSSR count). The van der Waals surface area contributed by atoms with E-state index in [1.54, 1.807) is 6.07 Å². The quantitative estimate of drug-likeness (QED) is 0.680. The monoisotopic (exact) mass is 434 g/mol. The largest absolute Gasteiger partial charge is 0.329 e. The molecule has 2 fully saturated rings. The number of urea groups is 1. The highest BCUT2D eigenvalue weighted by molar-refractivity contribution is 7.89. The van der Waals surface area contributed by atoms with Crippen LogP contribution in [0.4, 0.5) is 4.79 Å². The van der Waals surface area contributed by atoms with E-state index < -0.39 is 10.0 Å². The van der Waals surface area contributed by atoms with Crippen molar-refractivity contribution < 1.29 is 18.0 Å². The summed E-state index contributed by atoms with van der Waals surface area (Å²) in [5, 5.41) is 2.70. The summed E-state index contributed by atoms with van der Waals surface area (Å²) >= 11 is 12.1. The molecule has 2 saturated heterocycles. The molecule has 0 radical (unpaired) electrons. The van der Waals surface area contributed by atoms with Crippen LogP contribution in [0, 0.1) is 0 Å². The highest BCUT2D eigenvalue weighted by Gasteiger charge is 2.32. The smallest absolute Gasteiger partial charge is 0.324 e. The predicted octanol–water partition coefficient (Wildman–Crippen LogP) is 1.24. The Hall–Kier alpha value is -1.39. The van der Waals surface area contributed by atoms with E-state index in [-0.39, 0.29) is 33.4 Å². The minimum absolute atomic E-state index is 0.0552. The molecule has 2 aliphatic rings. The van der Waals surface area contributed by atoms with Crippen molar-refractivity contribution in [3.8, 4) is 0 Å². The van der Waals surface area contributed by atoms with Crippen LogP contribution >= 0.6 is 23.2 Å². The maximum atomic E-state index is 12.8. The van der Waals surface area contributed by atoms with E-state index in [4.69, 9.17) is 23.2 Å². The van der Waals surface area contributed by atoms with Crippen molar-refractivity contribution in [1.29, 1.82) is 0 Å². The molecular formula is C16H20Cl2N4O4S. The van der Waals surface area contributed by atoms with E-state index in [2.05, 4.69) is 10.2 Å². The molecule has 1 aromatic carbocycles. The highest BCUT2D eigenvalue weighted by atomic mass is 35.5. The van der Waals surface area contributed by atoms with Gasteiger partial charge in [-0.1, -0.05) is 29.3 Å². The first kappa shape index (κ1) is 20.3. The van der Waals surface area contributed by atoms with Crippen LogP contribution in [0.2, 0.25) is 10.0 Å². The molecule has 0 aromatic heterocycles. The summed E-state index contributed by atoms with van der Waals surface area (Å²) in [7, 11) is -3.76. The number of hydrogen-bond acceptors (Lipinski definition) is 5. The molecule has 148 valence electrons. The lowest BCUT2D eigenvalue weighted by atomic mass is 10.3. The number of nitrogens with zero attached hydrogens (tertiary/aromatic N) is 3. The van der Waals surface area contributed by atoms with Crippen molar-refractivity contribution in [1.82, 2.24) is 19.4 Å². The summed E-state index contributed by atoms with van der Waals surface area (Å²) in [6, 6.07) is 4.26. The van der Waals surface area contributed by atoms with E-state index in [1.165, 1.54) is 21.3 Å². The number of carbonyl (C=O) groups is 2. The maximum absolute atomic E-state index is 12.8. The fraction of sp³-hybridized carbons (Fsp3) is 0.500. The van der Waals surface area contributed by atoms with Gasteiger partial charge in [-0.05, 0) is 25.1 Å². The highest BCUT2D eigenvalue weighted by Crippen LogP contribution is 2.31. The van der Waals surface area contributed by atoms with Gasteiger partial charge in [0.15, 0.2) is 0 Å². The van der Waals surface area contributed by atoms with Crippen molar-refractivity contribution in [2.45, 2.75) is 11.3 Å². The third-order valence-corrected chi connectivity index (χ3v) is 7.50. The molecule has 2 aliphatic heterocycles. The van der Waals surface area contributed by atoms with Gasteiger partial charge in [-0.3, -0.25) is 9.69 Å². The average molecular weight is 435 g/mol. The average Bonchev–Trinajstić information content (AvgIpc) is 2.94. The Labute approximate surface area is 168 Å². The minimum Gasteiger partial charge on any atom is -0.329 e. The Morgan fingerprint density at radius 3 is 2.19 bits per heavy atom. The van der Waals surface area contributed by atoms with Crippen LogP contribution in [-0.2, 0) is 14.8 Å². The summed E-state index contributed by atoms with van der Waals surface area (Å²) in [5.41, 5.74) is 0. The Bertz CT molecular complexity index is 805. The van der Waals surface area contributed by atoms with Gasteiger partial charge in [-0.2, -0.15) is 4.31 Å². The first-order chi connectivity index (χ1) is 12.8. The summed E-state index contributed by atoms with van der Waals surface area (Å²) < 4.78 is 27.1. The second-order valence-corrected chi connectivity index (χ2v) is 9.04. The van der Waals surface area contributed by atoms with Gasteiger partial charge >= 0.3 is 6.03 Å². The normalized spacial score (nSPS) is 19.6. The van der Waals surface area contributed by atoms with Crippen LogP contribution < -0.4 is 5.32 Å². The molecule has 1 N–H and O–H groups in total. The van der Waals surface area contributed by atoms with Gasteiger partial charge in [0, 0.05) is 32.7 Å². The molecule has 0 unspecified atom stereocenters. The summed E-state index contributed by atoms with van der Waals surface area (Å²) in [4.78, 5) is 26.3. The molecule has 8 nitrogen and oxygen atoms in total. The van der Waals surface area contributed by atoms with Crippen LogP contribution in [0.1, 0.15) is 6.42 Å². The lowest BCUT2D eigenvalue weighted by Crippen LogP contribution is -2.49. The molecule has 0 bridgehead atoms. The zero-order valence-corrected chi connectivity index (χ0v) is 16.9. The molecule has 11 heteroatoms. The van der Waals surface area contributed by atoms with Crippen molar-refractivity contribution in [3.05, 3.63) is 28.2 Å². The van der Waals surface area contributed by atoms with Crippen molar-refractivity contribution >= 4 is 45.2 Å². The Morgan fingerprint density at radius 1 is 1.00 bits per heavy atom. The second kappa shape index (κ2) is 8.32. The minimum atomic E-state index is -3.76. The van der Waals surface area contributed by atoms with Crippen LogP contribution in [0.5, 0.6) is 0 Å². The number of carbonyl (C=O) groups excluding carboxylic acids is 2. The SMILES string of the molecule is O=C1CNC(=O)N1CCCN1CCN(S(=O)(=O)c2c(Cl)cccc2Cl)CC1. The standard InChI is InChI=1S/C16H20Cl2N4O4S/c17-12-3-1-4-13(18)15(12)27(25,26)21-9-7-20(8-10-21)5-2-6-22-14(23)11-19-16(22)24/h1,3-4H,2,5-11H2,(H,19,24). The summed E-state index contributed by atoms with van der Waals surface area (Å²) in [6.45, 7) is 2.86. The van der Waals surface area contributed by atoms with Crippen molar-refractivity contribution in [3.63, 3.8) is 0 Å². The summed E-state index contributed by atoms with van der Waals surface area (Å²) in [6.07, 6.45) is 0.641. The first-order valence-corrected chi connectivity index (χ1v) is 10.7. The van der Waals surface area contributed by atoms with Gasteiger partial charge in [0.1, 0.15) is 4.90 Å². The van der Waals surface area contributed by atoms with E-state index in [0.29, 0.717) is 45.7 Å². The number of nitrogens with one attached hydrogen (secondary N) is 1. The topological polar surface area (TPSA) is 90.0 Å². The van der Waals surface area contributed by atoms with Gasteiger partial charge in [-0.15, -0.1) is 0 Å². The number of piperazine rings is 1. The van der Waals surface area contributed by atoms with Crippen molar-refractivity contribution in [2.75, 3.05) is 45.8 Å². The third-order valence-electron chi connectivity index (χ3n) is 4.64. The molecular weight excluding hydrogens is 415 g/mol. The van der Waals surface area contributed by atoms with Gasteiger partial charge in [0.25, 0.3) is 0 Å². The molecule has 3 amide bonds. The van der Waals surface area contributed by atoms with Crippen LogP contribution in [0.25, 0.3) is 0 Å². The van der Waals surface area contributed by atoms with Gasteiger partial charge in [0.05, 0.1) is 16.6 Å². The Morgan fingerprint density at radius 2 is 1.63 bits per heavy atom. The molecule has 0 atom stereocenters. The lowest BCUT2D eigenvalue weighted by Gasteiger charge is -2.34. The number of imide groups is 1. The molecule has 1 aromatic rings. The van der Waals surface area contributed by atoms with Gasteiger partial charge < -0.3 is 10.2 Å². The fourth-order valence-electron chi connectivity index (χ4n) is 3.19. The number of sulfonamides is 1. The Kier molecular flexibility index (Phi) is 6.27. The molecule has 27 heavy (non-hydrogen) atoms. The Balaban J connectivity index is 1.53. The van der Waals surface area contributed by atoms with Crippen molar-refractivity contribution in [2.24, 2.45) is 0 Å². The summed E-state index contributed by atoms with van der Waals surface area (Å²) in [5.74, 6) is -0.215. The molecule has 2 heterocycles. The van der Waals surface area contributed by atoms with E-state index in [9.17, 15) is 18.0 Å². The number of benzene rings is 1. The molecule has 0 aliphatic carbocycles. The third kappa shape index (κ3) is 4.38. The van der Waals surface area contributed by atoms with E-state index >= 15 is 0 Å². The zero-order chi connectivity index (χ0) is 19.6. The number of amides is 3. The number of hydrogen-bond donors (Lipinski definition) is 1. The van der Waals surface area contributed by atoms with Gasteiger partial charge in [0.2, 0.25) is 15.9 Å². The van der Waals surface area contributed by atoms with E-state index in [0.717, 1.165) is 0 Å². The number of halogens is 2. The lowest BCUT2D eigenvalue weighted by molar-refractivity contribution is -0.125. The first-order valence-electron chi connectivity index (χ1n) is 8.55.